The molecule has 0 aromatic rings. The molecule has 0 aliphatic heterocycles. The van der Waals surface area contributed by atoms with Gasteiger partial charge in [-0.25, -0.2) is 4.79 Å². The van der Waals surface area contributed by atoms with Crippen LogP contribution in [0.15, 0.2) is 12.8 Å². The fourth-order valence-electron chi connectivity index (χ4n) is 0.558. The molecule has 0 fully saturated rings. The summed E-state index contributed by atoms with van der Waals surface area (Å²) >= 11 is 0. The molecule has 68 valence electrons. The quantitative estimate of drug-likeness (QED) is 0.502. The molecular weight excluding hydrogens is 158 g/mol. The van der Waals surface area contributed by atoms with Crippen LogP contribution in [-0.4, -0.2) is 25.0 Å². The highest BCUT2D eigenvalue weighted by Crippen LogP contribution is 1.64. The van der Waals surface area contributed by atoms with Crippen LogP contribution in [0.4, 0.5) is 4.79 Å². The number of carbonyl (C=O) groups is 2. The number of amides is 3. The van der Waals surface area contributed by atoms with Crippen molar-refractivity contribution in [1.82, 2.24) is 16.0 Å². The third-order valence-electron chi connectivity index (χ3n) is 1.02. The number of hydrogen-bond acceptors (Lipinski definition) is 2. The zero-order valence-electron chi connectivity index (χ0n) is 7.02. The van der Waals surface area contributed by atoms with E-state index in [2.05, 4.69) is 22.5 Å². The van der Waals surface area contributed by atoms with Gasteiger partial charge in [0, 0.05) is 20.0 Å². The number of hydrogen-bond donors (Lipinski definition) is 3. The van der Waals surface area contributed by atoms with Crippen LogP contribution < -0.4 is 16.0 Å². The van der Waals surface area contributed by atoms with Gasteiger partial charge in [0.1, 0.15) is 0 Å². The molecule has 0 unspecified atom stereocenters. The molecule has 0 heterocycles. The highest BCUT2D eigenvalue weighted by Gasteiger charge is 1.94. The van der Waals surface area contributed by atoms with Crippen molar-refractivity contribution in [1.29, 1.82) is 0 Å². The molecule has 5 heteroatoms. The first-order valence-corrected chi connectivity index (χ1v) is 3.56. The van der Waals surface area contributed by atoms with E-state index in [0.29, 0.717) is 13.1 Å². The van der Waals surface area contributed by atoms with E-state index in [1.54, 1.807) is 0 Å². The van der Waals surface area contributed by atoms with Crippen molar-refractivity contribution in [2.45, 2.75) is 6.92 Å². The summed E-state index contributed by atoms with van der Waals surface area (Å²) in [6.45, 7) is 5.57. The summed E-state index contributed by atoms with van der Waals surface area (Å²) in [4.78, 5) is 21.0. The van der Waals surface area contributed by atoms with Crippen molar-refractivity contribution in [3.05, 3.63) is 12.8 Å². The van der Waals surface area contributed by atoms with Crippen LogP contribution in [0.3, 0.4) is 0 Å². The van der Waals surface area contributed by atoms with Crippen molar-refractivity contribution in [2.75, 3.05) is 13.1 Å². The lowest BCUT2D eigenvalue weighted by molar-refractivity contribution is -0.118. The summed E-state index contributed by atoms with van der Waals surface area (Å²) in [7, 11) is 0. The van der Waals surface area contributed by atoms with Gasteiger partial charge in [-0.2, -0.15) is 0 Å². The Kier molecular flexibility index (Phi) is 5.42. The van der Waals surface area contributed by atoms with E-state index < -0.39 is 0 Å². The number of carbonyl (C=O) groups excluding carboxylic acids is 2. The molecule has 0 saturated carbocycles. The molecule has 0 saturated heterocycles. The lowest BCUT2D eigenvalue weighted by Gasteiger charge is -2.03. The van der Waals surface area contributed by atoms with Gasteiger partial charge >= 0.3 is 6.03 Å². The van der Waals surface area contributed by atoms with E-state index in [-0.39, 0.29) is 11.9 Å². The largest absolute Gasteiger partial charge is 0.355 e. The topological polar surface area (TPSA) is 70.2 Å². The van der Waals surface area contributed by atoms with Gasteiger partial charge in [-0.3, -0.25) is 4.79 Å². The zero-order valence-corrected chi connectivity index (χ0v) is 7.02. The normalized spacial score (nSPS) is 8.42. The predicted octanol–water partition coefficient (Wildman–Crippen LogP) is -0.435. The molecule has 0 spiro atoms. The third kappa shape index (κ3) is 6.60. The van der Waals surface area contributed by atoms with Gasteiger partial charge in [0.15, 0.2) is 0 Å². The monoisotopic (exact) mass is 171 g/mol. The minimum Gasteiger partial charge on any atom is -0.355 e. The van der Waals surface area contributed by atoms with Gasteiger partial charge in [-0.05, 0) is 6.20 Å². The van der Waals surface area contributed by atoms with Crippen molar-refractivity contribution >= 4 is 11.9 Å². The Balaban J connectivity index is 3.25. The van der Waals surface area contributed by atoms with E-state index in [1.165, 1.54) is 13.1 Å². The molecule has 0 atom stereocenters. The number of nitrogens with one attached hydrogen (secondary N) is 3. The van der Waals surface area contributed by atoms with Crippen LogP contribution in [0.5, 0.6) is 0 Å². The van der Waals surface area contributed by atoms with Gasteiger partial charge in [0.2, 0.25) is 5.91 Å². The van der Waals surface area contributed by atoms with Crippen molar-refractivity contribution in [3.8, 4) is 0 Å². The second-order valence-corrected chi connectivity index (χ2v) is 2.09. The first kappa shape index (κ1) is 10.5. The molecule has 0 rings (SSSR count). The van der Waals surface area contributed by atoms with Gasteiger partial charge in [0.05, 0.1) is 0 Å². The van der Waals surface area contributed by atoms with Crippen molar-refractivity contribution in [2.24, 2.45) is 0 Å². The standard InChI is InChI=1S/C7H13N3O2/c1-3-8-7(12)10-5-4-9-6(2)11/h3H,1,4-5H2,2H3,(H,9,11)(H2,8,10,12). The third-order valence-corrected chi connectivity index (χ3v) is 1.02. The molecule has 0 aliphatic carbocycles. The minimum atomic E-state index is -0.324. The summed E-state index contributed by atoms with van der Waals surface area (Å²) < 4.78 is 0. The zero-order chi connectivity index (χ0) is 9.40. The molecule has 0 bridgehead atoms. The Hall–Kier alpha value is -1.52. The van der Waals surface area contributed by atoms with E-state index in [1.807, 2.05) is 0 Å². The Bertz CT molecular complexity index is 179. The maximum absolute atomic E-state index is 10.7. The van der Waals surface area contributed by atoms with E-state index in [0.717, 1.165) is 0 Å². The molecule has 3 N–H and O–H groups in total. The van der Waals surface area contributed by atoms with E-state index >= 15 is 0 Å². The fourth-order valence-corrected chi connectivity index (χ4v) is 0.558. The number of urea groups is 1. The van der Waals surface area contributed by atoms with E-state index in [4.69, 9.17) is 0 Å². The Morgan fingerprint density at radius 2 is 1.92 bits per heavy atom. The molecule has 0 aromatic carbocycles. The number of rotatable bonds is 4. The van der Waals surface area contributed by atoms with Gasteiger partial charge in [-0.15, -0.1) is 0 Å². The Labute approximate surface area is 71.2 Å². The van der Waals surface area contributed by atoms with Crippen LogP contribution in [-0.2, 0) is 4.79 Å². The van der Waals surface area contributed by atoms with Crippen molar-refractivity contribution < 1.29 is 9.59 Å². The highest BCUT2D eigenvalue weighted by atomic mass is 16.2. The smallest absolute Gasteiger partial charge is 0.318 e. The lowest BCUT2D eigenvalue weighted by Crippen LogP contribution is -2.37. The van der Waals surface area contributed by atoms with Gasteiger partial charge in [0.25, 0.3) is 0 Å². The maximum atomic E-state index is 10.7. The first-order chi connectivity index (χ1) is 5.66. The molecule has 0 aliphatic rings. The van der Waals surface area contributed by atoms with Crippen molar-refractivity contribution in [3.63, 3.8) is 0 Å². The Morgan fingerprint density at radius 1 is 1.33 bits per heavy atom. The molecule has 12 heavy (non-hydrogen) atoms. The van der Waals surface area contributed by atoms with Crippen LogP contribution in [0.2, 0.25) is 0 Å². The van der Waals surface area contributed by atoms with Crippen LogP contribution >= 0.6 is 0 Å². The summed E-state index contributed by atoms with van der Waals surface area (Å²) in [6.07, 6.45) is 1.29. The summed E-state index contributed by atoms with van der Waals surface area (Å²) in [5.74, 6) is -0.110. The first-order valence-electron chi connectivity index (χ1n) is 3.56. The summed E-state index contributed by atoms with van der Waals surface area (Å²) in [5.41, 5.74) is 0. The summed E-state index contributed by atoms with van der Waals surface area (Å²) in [6, 6.07) is -0.324. The van der Waals surface area contributed by atoms with Gasteiger partial charge in [-0.1, -0.05) is 6.58 Å². The Morgan fingerprint density at radius 3 is 2.42 bits per heavy atom. The molecular formula is C7H13N3O2. The molecule has 0 radical (unpaired) electrons. The predicted molar refractivity (Wildman–Crippen MR) is 45.4 cm³/mol. The van der Waals surface area contributed by atoms with Crippen LogP contribution in [0.1, 0.15) is 6.92 Å². The van der Waals surface area contributed by atoms with E-state index in [9.17, 15) is 9.59 Å². The van der Waals surface area contributed by atoms with Crippen LogP contribution in [0.25, 0.3) is 0 Å². The maximum Gasteiger partial charge on any atom is 0.318 e. The highest BCUT2D eigenvalue weighted by molar-refractivity contribution is 5.75. The summed E-state index contributed by atoms with van der Waals surface area (Å²) in [5, 5.41) is 7.37. The fraction of sp³-hybridized carbons (Fsp3) is 0.429. The minimum absolute atomic E-state index is 0.110. The second kappa shape index (κ2) is 6.21. The average Bonchev–Trinajstić information content (AvgIpc) is 1.98. The lowest BCUT2D eigenvalue weighted by atomic mass is 10.6. The van der Waals surface area contributed by atoms with Crippen LogP contribution in [0, 0.1) is 0 Å². The SMILES string of the molecule is C=CNC(=O)NCCNC(C)=O. The average molecular weight is 171 g/mol. The second-order valence-electron chi connectivity index (χ2n) is 2.09. The molecule has 3 amide bonds. The van der Waals surface area contributed by atoms with Gasteiger partial charge < -0.3 is 16.0 Å². The molecule has 0 aromatic heterocycles. The molecule has 5 nitrogen and oxygen atoms in total.